The third kappa shape index (κ3) is 4.39. The number of carbonyl (C=O) groups excluding carboxylic acids is 3. The first kappa shape index (κ1) is 17.4. The highest BCUT2D eigenvalue weighted by Crippen LogP contribution is 2.19. The van der Waals surface area contributed by atoms with Crippen molar-refractivity contribution in [1.82, 2.24) is 9.80 Å². The predicted octanol–water partition coefficient (Wildman–Crippen LogP) is 0.0317. The molecule has 1 saturated heterocycles. The van der Waals surface area contributed by atoms with Crippen LogP contribution in [0.3, 0.4) is 0 Å². The van der Waals surface area contributed by atoms with Crippen LogP contribution in [0.5, 0.6) is 0 Å². The highest BCUT2D eigenvalue weighted by Gasteiger charge is 2.32. The van der Waals surface area contributed by atoms with Gasteiger partial charge in [-0.25, -0.2) is 0 Å². The average molecular weight is 295 g/mol. The lowest BCUT2D eigenvalue weighted by Crippen LogP contribution is -2.48. The molecule has 0 aromatic carbocycles. The number of carbonyl (C=O) groups is 3. The topological polar surface area (TPSA) is 83.7 Å². The van der Waals surface area contributed by atoms with Crippen molar-refractivity contribution in [3.63, 3.8) is 0 Å². The van der Waals surface area contributed by atoms with Gasteiger partial charge in [0.05, 0.1) is 12.6 Å². The number of hydrogen-bond donors (Lipinski definition) is 1. The van der Waals surface area contributed by atoms with Crippen molar-refractivity contribution in [2.24, 2.45) is 17.6 Å². The number of amides is 2. The van der Waals surface area contributed by atoms with E-state index in [-0.39, 0.29) is 30.1 Å². The van der Waals surface area contributed by atoms with Gasteiger partial charge < -0.3 is 10.6 Å². The van der Waals surface area contributed by atoms with Crippen molar-refractivity contribution in [1.29, 1.82) is 0 Å². The van der Waals surface area contributed by atoms with Crippen LogP contribution in [0.2, 0.25) is 0 Å². The van der Waals surface area contributed by atoms with Gasteiger partial charge >= 0.3 is 0 Å². The van der Waals surface area contributed by atoms with Gasteiger partial charge in [0.1, 0.15) is 0 Å². The van der Waals surface area contributed by atoms with Crippen LogP contribution < -0.4 is 5.73 Å². The molecule has 2 N–H and O–H groups in total. The second-order valence-corrected chi connectivity index (χ2v) is 5.95. The summed E-state index contributed by atoms with van der Waals surface area (Å²) in [5, 5.41) is 0. The molecule has 0 unspecified atom stereocenters. The molecule has 1 aliphatic heterocycles. The molecule has 1 aliphatic rings. The molecule has 0 aromatic heterocycles. The predicted molar refractivity (Wildman–Crippen MR) is 80.3 cm³/mol. The standard InChI is InChI=1S/C15H25N3O3/c1-5-13(20)18-7-6-11(8-18)12(19)9-17(4)14(10(2)3)15(16)21/h5,10-11,14H,1,6-9H2,2-4H3,(H2,16,21)/t11-,14-/m0/s1. The first-order valence-electron chi connectivity index (χ1n) is 7.21. The Hall–Kier alpha value is -1.69. The average Bonchev–Trinajstić information content (AvgIpc) is 2.86. The van der Waals surface area contributed by atoms with Crippen LogP contribution >= 0.6 is 0 Å². The molecule has 1 heterocycles. The Morgan fingerprint density at radius 3 is 2.52 bits per heavy atom. The summed E-state index contributed by atoms with van der Waals surface area (Å²) in [6.45, 7) is 8.43. The maximum absolute atomic E-state index is 12.3. The normalized spacial score (nSPS) is 19.9. The molecule has 6 heteroatoms. The first-order chi connectivity index (χ1) is 9.77. The minimum absolute atomic E-state index is 0.0442. The molecule has 0 spiro atoms. The summed E-state index contributed by atoms with van der Waals surface area (Å²) in [4.78, 5) is 38.6. The molecule has 0 saturated carbocycles. The van der Waals surface area contributed by atoms with E-state index in [1.54, 1.807) is 16.8 Å². The third-order valence-electron chi connectivity index (χ3n) is 3.93. The number of rotatable bonds is 7. The van der Waals surface area contributed by atoms with E-state index in [0.29, 0.717) is 19.5 Å². The smallest absolute Gasteiger partial charge is 0.245 e. The van der Waals surface area contributed by atoms with Gasteiger partial charge in [-0.2, -0.15) is 0 Å². The zero-order chi connectivity index (χ0) is 16.2. The number of nitrogens with two attached hydrogens (primary N) is 1. The van der Waals surface area contributed by atoms with E-state index in [1.807, 2.05) is 13.8 Å². The molecular weight excluding hydrogens is 270 g/mol. The van der Waals surface area contributed by atoms with Crippen LogP contribution in [0.15, 0.2) is 12.7 Å². The van der Waals surface area contributed by atoms with Crippen LogP contribution in [0, 0.1) is 11.8 Å². The summed E-state index contributed by atoms with van der Waals surface area (Å²) in [6.07, 6.45) is 1.93. The highest BCUT2D eigenvalue weighted by molar-refractivity contribution is 5.89. The first-order valence-corrected chi connectivity index (χ1v) is 7.21. The Morgan fingerprint density at radius 1 is 1.43 bits per heavy atom. The van der Waals surface area contributed by atoms with Gasteiger partial charge in [-0.3, -0.25) is 19.3 Å². The summed E-state index contributed by atoms with van der Waals surface area (Å²) in [6, 6.07) is -0.457. The monoisotopic (exact) mass is 295 g/mol. The van der Waals surface area contributed by atoms with Crippen LogP contribution in [-0.4, -0.2) is 60.1 Å². The van der Waals surface area contributed by atoms with Crippen molar-refractivity contribution in [2.45, 2.75) is 26.3 Å². The fourth-order valence-corrected chi connectivity index (χ4v) is 2.88. The van der Waals surface area contributed by atoms with Crippen LogP contribution in [0.1, 0.15) is 20.3 Å². The van der Waals surface area contributed by atoms with Gasteiger partial charge in [0.25, 0.3) is 0 Å². The zero-order valence-corrected chi connectivity index (χ0v) is 13.0. The van der Waals surface area contributed by atoms with Crippen molar-refractivity contribution in [3.05, 3.63) is 12.7 Å². The molecule has 0 aliphatic carbocycles. The van der Waals surface area contributed by atoms with Gasteiger partial charge in [-0.05, 0) is 25.5 Å². The highest BCUT2D eigenvalue weighted by atomic mass is 16.2. The minimum atomic E-state index is -0.457. The molecule has 21 heavy (non-hydrogen) atoms. The molecule has 0 radical (unpaired) electrons. The number of likely N-dealkylation sites (N-methyl/N-ethyl adjacent to an activating group) is 1. The minimum Gasteiger partial charge on any atom is -0.368 e. The van der Waals surface area contributed by atoms with Crippen LogP contribution in [0.4, 0.5) is 0 Å². The number of ketones is 1. The van der Waals surface area contributed by atoms with E-state index in [2.05, 4.69) is 6.58 Å². The van der Waals surface area contributed by atoms with E-state index in [9.17, 15) is 14.4 Å². The number of likely N-dealkylation sites (tertiary alicyclic amines) is 1. The van der Waals surface area contributed by atoms with E-state index in [1.165, 1.54) is 6.08 Å². The van der Waals surface area contributed by atoms with Crippen molar-refractivity contribution in [2.75, 3.05) is 26.7 Å². The lowest BCUT2D eigenvalue weighted by molar-refractivity contribution is -0.128. The van der Waals surface area contributed by atoms with E-state index >= 15 is 0 Å². The van der Waals surface area contributed by atoms with Crippen LogP contribution in [0.25, 0.3) is 0 Å². The van der Waals surface area contributed by atoms with E-state index in [4.69, 9.17) is 5.73 Å². The molecule has 0 aromatic rings. The summed E-state index contributed by atoms with van der Waals surface area (Å²) >= 11 is 0. The molecule has 0 bridgehead atoms. The molecule has 1 rings (SSSR count). The maximum Gasteiger partial charge on any atom is 0.245 e. The summed E-state index contributed by atoms with van der Waals surface area (Å²) < 4.78 is 0. The number of primary amides is 1. The number of hydrogen-bond acceptors (Lipinski definition) is 4. The lowest BCUT2D eigenvalue weighted by Gasteiger charge is -2.28. The third-order valence-corrected chi connectivity index (χ3v) is 3.93. The quantitative estimate of drug-likeness (QED) is 0.672. The largest absolute Gasteiger partial charge is 0.368 e. The Morgan fingerprint density at radius 2 is 2.05 bits per heavy atom. The van der Waals surface area contributed by atoms with Crippen molar-refractivity contribution < 1.29 is 14.4 Å². The van der Waals surface area contributed by atoms with E-state index in [0.717, 1.165) is 0 Å². The van der Waals surface area contributed by atoms with Gasteiger partial charge in [0, 0.05) is 19.0 Å². The van der Waals surface area contributed by atoms with Crippen molar-refractivity contribution in [3.8, 4) is 0 Å². The molecule has 6 nitrogen and oxygen atoms in total. The molecule has 1 fully saturated rings. The summed E-state index contributed by atoms with van der Waals surface area (Å²) in [5.41, 5.74) is 5.39. The number of Topliss-reactive ketones (excluding diaryl/α,β-unsaturated/α-hetero) is 1. The van der Waals surface area contributed by atoms with Crippen LogP contribution in [-0.2, 0) is 14.4 Å². The maximum atomic E-state index is 12.3. The molecule has 2 atom stereocenters. The SMILES string of the molecule is C=CC(=O)N1CC[C@H](C(=O)CN(C)[C@H](C(N)=O)C(C)C)C1. The number of nitrogens with zero attached hydrogens (tertiary/aromatic N) is 2. The molecule has 118 valence electrons. The molecule has 2 amide bonds. The second kappa shape index (κ2) is 7.36. The summed E-state index contributed by atoms with van der Waals surface area (Å²) in [5.74, 6) is -0.644. The Labute approximate surface area is 125 Å². The molecular formula is C15H25N3O3. The van der Waals surface area contributed by atoms with Crippen molar-refractivity contribution >= 4 is 17.6 Å². The van der Waals surface area contributed by atoms with Gasteiger partial charge in [-0.1, -0.05) is 20.4 Å². The Bertz CT molecular complexity index is 434. The Kier molecular flexibility index (Phi) is 6.08. The fourth-order valence-electron chi connectivity index (χ4n) is 2.88. The van der Waals surface area contributed by atoms with Gasteiger partial charge in [-0.15, -0.1) is 0 Å². The fraction of sp³-hybridized carbons (Fsp3) is 0.667. The lowest BCUT2D eigenvalue weighted by atomic mass is 9.99. The summed E-state index contributed by atoms with van der Waals surface area (Å²) in [7, 11) is 1.73. The van der Waals surface area contributed by atoms with Gasteiger partial charge in [0.2, 0.25) is 11.8 Å². The van der Waals surface area contributed by atoms with Gasteiger partial charge in [0.15, 0.2) is 5.78 Å². The Balaban J connectivity index is 2.59. The second-order valence-electron chi connectivity index (χ2n) is 5.95. The zero-order valence-electron chi connectivity index (χ0n) is 13.0. The van der Waals surface area contributed by atoms with E-state index < -0.39 is 11.9 Å².